The molecule has 1 heterocycles. The van der Waals surface area contributed by atoms with Crippen molar-refractivity contribution in [1.29, 1.82) is 0 Å². The Hall–Kier alpha value is -0.940. The quantitative estimate of drug-likeness (QED) is 0.641. The number of likely N-dealkylation sites (tertiary alicyclic amines) is 1. The number of piperidine rings is 1. The summed E-state index contributed by atoms with van der Waals surface area (Å²) < 4.78 is 0. The van der Waals surface area contributed by atoms with Crippen molar-refractivity contribution in [1.82, 2.24) is 10.2 Å². The highest BCUT2D eigenvalue weighted by Gasteiger charge is 2.72. The van der Waals surface area contributed by atoms with Crippen molar-refractivity contribution in [2.75, 3.05) is 19.6 Å². The van der Waals surface area contributed by atoms with Crippen LogP contribution in [0.3, 0.4) is 0 Å². The van der Waals surface area contributed by atoms with E-state index >= 15 is 0 Å². The molecule has 1 saturated carbocycles. The van der Waals surface area contributed by atoms with Crippen LogP contribution in [0.1, 0.15) is 20.8 Å². The number of amides is 2. The molecule has 2 N–H and O–H groups in total. The standard InChI is InChI=1S/C12H20N2O3/c1-4-13-5-7(15)6-14-10(16)8-9(11(14)17)12(8,2)3/h7-9,13,15H,4-6H2,1-3H3. The molecular weight excluding hydrogens is 220 g/mol. The SMILES string of the molecule is CCNCC(O)CN1C(=O)C2C(C1=O)C2(C)C. The van der Waals surface area contributed by atoms with E-state index in [1.54, 1.807) is 0 Å². The Morgan fingerprint density at radius 3 is 2.35 bits per heavy atom. The summed E-state index contributed by atoms with van der Waals surface area (Å²) >= 11 is 0. The number of β-amino-alcohol motifs (C(OH)–C–C–N with tert-alkyl or cyclic N) is 1. The molecule has 0 aromatic carbocycles. The van der Waals surface area contributed by atoms with Gasteiger partial charge in [0.25, 0.3) is 0 Å². The van der Waals surface area contributed by atoms with Crippen LogP contribution in [0, 0.1) is 17.3 Å². The van der Waals surface area contributed by atoms with Crippen LogP contribution in [0.2, 0.25) is 0 Å². The lowest BCUT2D eigenvalue weighted by atomic mass is 10.1. The fraction of sp³-hybridized carbons (Fsp3) is 0.833. The molecule has 2 rings (SSSR count). The van der Waals surface area contributed by atoms with Crippen LogP contribution in [0.15, 0.2) is 0 Å². The predicted molar refractivity (Wildman–Crippen MR) is 62.0 cm³/mol. The van der Waals surface area contributed by atoms with E-state index in [4.69, 9.17) is 0 Å². The van der Waals surface area contributed by atoms with Gasteiger partial charge >= 0.3 is 0 Å². The molecule has 0 aromatic heterocycles. The number of hydrogen-bond acceptors (Lipinski definition) is 4. The van der Waals surface area contributed by atoms with E-state index in [0.717, 1.165) is 6.54 Å². The first-order valence-electron chi connectivity index (χ1n) is 6.15. The van der Waals surface area contributed by atoms with Crippen molar-refractivity contribution in [3.8, 4) is 0 Å². The van der Waals surface area contributed by atoms with Gasteiger partial charge in [-0.15, -0.1) is 0 Å². The van der Waals surface area contributed by atoms with Crippen molar-refractivity contribution in [3.05, 3.63) is 0 Å². The second kappa shape index (κ2) is 4.07. The van der Waals surface area contributed by atoms with Crippen LogP contribution in [0.5, 0.6) is 0 Å². The number of aliphatic hydroxyl groups is 1. The number of nitrogens with one attached hydrogen (secondary N) is 1. The van der Waals surface area contributed by atoms with Gasteiger partial charge in [-0.1, -0.05) is 20.8 Å². The first kappa shape index (κ1) is 12.5. The Kier molecular flexibility index (Phi) is 2.99. The molecule has 2 aliphatic rings. The number of aliphatic hydroxyl groups excluding tert-OH is 1. The molecule has 5 nitrogen and oxygen atoms in total. The highest BCUT2D eigenvalue weighted by atomic mass is 16.3. The van der Waals surface area contributed by atoms with Gasteiger partial charge in [-0.25, -0.2) is 0 Å². The minimum atomic E-state index is -0.677. The van der Waals surface area contributed by atoms with Gasteiger partial charge in [-0.2, -0.15) is 0 Å². The highest BCUT2D eigenvalue weighted by molar-refractivity contribution is 6.10. The van der Waals surface area contributed by atoms with Crippen molar-refractivity contribution < 1.29 is 14.7 Å². The maximum Gasteiger partial charge on any atom is 0.233 e. The molecule has 3 unspecified atom stereocenters. The fourth-order valence-electron chi connectivity index (χ4n) is 2.77. The van der Waals surface area contributed by atoms with E-state index in [1.807, 2.05) is 20.8 Å². The molecule has 1 aliphatic carbocycles. The Labute approximate surface area is 101 Å². The number of carbonyl (C=O) groups is 2. The average Bonchev–Trinajstić information content (AvgIpc) is 2.73. The molecule has 96 valence electrons. The number of carbonyl (C=O) groups excluding carboxylic acids is 2. The monoisotopic (exact) mass is 240 g/mol. The number of imide groups is 1. The van der Waals surface area contributed by atoms with Crippen molar-refractivity contribution >= 4 is 11.8 Å². The van der Waals surface area contributed by atoms with E-state index in [0.29, 0.717) is 6.54 Å². The zero-order valence-electron chi connectivity index (χ0n) is 10.6. The molecule has 5 heteroatoms. The Balaban J connectivity index is 1.93. The highest BCUT2D eigenvalue weighted by Crippen LogP contribution is 2.63. The summed E-state index contributed by atoms with van der Waals surface area (Å²) in [6.07, 6.45) is -0.677. The van der Waals surface area contributed by atoms with Gasteiger partial charge in [0, 0.05) is 6.54 Å². The molecule has 2 amide bonds. The molecule has 3 atom stereocenters. The molecule has 2 fully saturated rings. The zero-order chi connectivity index (χ0) is 12.8. The summed E-state index contributed by atoms with van der Waals surface area (Å²) in [6, 6.07) is 0. The smallest absolute Gasteiger partial charge is 0.233 e. The lowest BCUT2D eigenvalue weighted by molar-refractivity contribution is -0.144. The minimum Gasteiger partial charge on any atom is -0.390 e. The van der Waals surface area contributed by atoms with Gasteiger partial charge in [-0.3, -0.25) is 14.5 Å². The van der Waals surface area contributed by atoms with E-state index < -0.39 is 6.10 Å². The van der Waals surface area contributed by atoms with Gasteiger partial charge < -0.3 is 10.4 Å². The average molecular weight is 240 g/mol. The van der Waals surface area contributed by atoms with Crippen LogP contribution in [0.4, 0.5) is 0 Å². The van der Waals surface area contributed by atoms with Gasteiger partial charge in [-0.05, 0) is 12.0 Å². The van der Waals surface area contributed by atoms with Crippen LogP contribution in [-0.4, -0.2) is 47.6 Å². The number of likely N-dealkylation sites (N-methyl/N-ethyl adjacent to an activating group) is 1. The summed E-state index contributed by atoms with van der Waals surface area (Å²) in [5.74, 6) is -0.524. The Bertz CT molecular complexity index is 330. The largest absolute Gasteiger partial charge is 0.390 e. The fourth-order valence-corrected chi connectivity index (χ4v) is 2.77. The zero-order valence-corrected chi connectivity index (χ0v) is 10.6. The molecule has 0 radical (unpaired) electrons. The topological polar surface area (TPSA) is 69.6 Å². The molecule has 0 aromatic rings. The third-order valence-corrected chi connectivity index (χ3v) is 3.91. The second-order valence-corrected chi connectivity index (χ2v) is 5.53. The lowest BCUT2D eigenvalue weighted by Crippen LogP contribution is -2.44. The van der Waals surface area contributed by atoms with Crippen molar-refractivity contribution in [2.45, 2.75) is 26.9 Å². The summed E-state index contributed by atoms with van der Waals surface area (Å²) in [5, 5.41) is 12.7. The number of hydrogen-bond donors (Lipinski definition) is 2. The summed E-state index contributed by atoms with van der Waals surface area (Å²) in [5.41, 5.74) is -0.169. The second-order valence-electron chi connectivity index (χ2n) is 5.53. The third-order valence-electron chi connectivity index (χ3n) is 3.91. The van der Waals surface area contributed by atoms with Gasteiger partial charge in [0.05, 0.1) is 24.5 Å². The van der Waals surface area contributed by atoms with Crippen LogP contribution in [0.25, 0.3) is 0 Å². The normalized spacial score (nSPS) is 31.6. The maximum atomic E-state index is 12.0. The van der Waals surface area contributed by atoms with E-state index in [-0.39, 0.29) is 35.6 Å². The number of fused-ring (bicyclic) bond motifs is 1. The van der Waals surface area contributed by atoms with Crippen LogP contribution < -0.4 is 5.32 Å². The number of nitrogens with zero attached hydrogens (tertiary/aromatic N) is 1. The minimum absolute atomic E-state index is 0.111. The molecule has 0 spiro atoms. The summed E-state index contributed by atoms with van der Waals surface area (Å²) in [7, 11) is 0. The first-order chi connectivity index (χ1) is 7.91. The van der Waals surface area contributed by atoms with Crippen molar-refractivity contribution in [3.63, 3.8) is 0 Å². The van der Waals surface area contributed by atoms with E-state index in [9.17, 15) is 14.7 Å². The molecule has 0 bridgehead atoms. The number of rotatable bonds is 5. The Morgan fingerprint density at radius 2 is 1.88 bits per heavy atom. The van der Waals surface area contributed by atoms with Crippen LogP contribution >= 0.6 is 0 Å². The van der Waals surface area contributed by atoms with E-state index in [1.165, 1.54) is 4.90 Å². The predicted octanol–water partition coefficient (Wildman–Crippen LogP) is -0.402. The first-order valence-corrected chi connectivity index (χ1v) is 6.15. The lowest BCUT2D eigenvalue weighted by Gasteiger charge is -2.23. The van der Waals surface area contributed by atoms with Gasteiger partial charge in [0.15, 0.2) is 0 Å². The third kappa shape index (κ3) is 1.87. The molecule has 17 heavy (non-hydrogen) atoms. The van der Waals surface area contributed by atoms with E-state index in [2.05, 4.69) is 5.32 Å². The van der Waals surface area contributed by atoms with Gasteiger partial charge in [0.1, 0.15) is 0 Å². The maximum absolute atomic E-state index is 12.0. The van der Waals surface area contributed by atoms with Crippen molar-refractivity contribution in [2.24, 2.45) is 17.3 Å². The molecular formula is C12H20N2O3. The van der Waals surface area contributed by atoms with Crippen LogP contribution in [-0.2, 0) is 9.59 Å². The van der Waals surface area contributed by atoms with Gasteiger partial charge in [0.2, 0.25) is 11.8 Å². The Morgan fingerprint density at radius 1 is 1.35 bits per heavy atom. The summed E-state index contributed by atoms with van der Waals surface area (Å²) in [4.78, 5) is 25.1. The summed E-state index contributed by atoms with van der Waals surface area (Å²) in [6.45, 7) is 7.13. The molecule has 1 saturated heterocycles. The molecule has 1 aliphatic heterocycles.